The van der Waals surface area contributed by atoms with Crippen molar-refractivity contribution in [2.45, 2.75) is 33.7 Å². The van der Waals surface area contributed by atoms with Crippen LogP contribution in [0.5, 0.6) is 0 Å². The minimum Gasteiger partial charge on any atom is -0.347 e. The summed E-state index contributed by atoms with van der Waals surface area (Å²) < 4.78 is 26.2. The van der Waals surface area contributed by atoms with E-state index in [1.165, 1.54) is 23.5 Å². The highest BCUT2D eigenvalue weighted by Gasteiger charge is 2.15. The van der Waals surface area contributed by atoms with Crippen LogP contribution in [0, 0.1) is 24.5 Å². The van der Waals surface area contributed by atoms with Gasteiger partial charge in [-0.05, 0) is 30.5 Å². The van der Waals surface area contributed by atoms with Gasteiger partial charge in [0.2, 0.25) is 0 Å². The lowest BCUT2D eigenvalue weighted by atomic mass is 10.1. The van der Waals surface area contributed by atoms with E-state index in [9.17, 15) is 13.6 Å². The second-order valence-corrected chi connectivity index (χ2v) is 6.66. The monoisotopic (exact) mass is 324 g/mol. The summed E-state index contributed by atoms with van der Waals surface area (Å²) in [6.07, 6.45) is 0.827. The number of benzene rings is 1. The van der Waals surface area contributed by atoms with Crippen LogP contribution in [0.15, 0.2) is 18.2 Å². The maximum atomic E-state index is 13.1. The zero-order valence-corrected chi connectivity index (χ0v) is 13.6. The average molecular weight is 324 g/mol. The minimum absolute atomic E-state index is 0.0738. The Balaban J connectivity index is 2.04. The van der Waals surface area contributed by atoms with Gasteiger partial charge in [-0.15, -0.1) is 11.3 Å². The molecule has 1 N–H and O–H groups in total. The van der Waals surface area contributed by atoms with Crippen molar-refractivity contribution < 1.29 is 13.6 Å². The topological polar surface area (TPSA) is 42.0 Å². The molecule has 1 heterocycles. The molecule has 3 nitrogen and oxygen atoms in total. The zero-order valence-electron chi connectivity index (χ0n) is 12.7. The highest BCUT2D eigenvalue weighted by molar-refractivity contribution is 7.13. The van der Waals surface area contributed by atoms with Gasteiger partial charge >= 0.3 is 0 Å². The third-order valence-corrected chi connectivity index (χ3v) is 4.18. The molecule has 0 saturated carbocycles. The van der Waals surface area contributed by atoms with E-state index in [4.69, 9.17) is 0 Å². The predicted octanol–water partition coefficient (Wildman–Crippen LogP) is 3.86. The van der Waals surface area contributed by atoms with Crippen LogP contribution in [0.2, 0.25) is 0 Å². The van der Waals surface area contributed by atoms with Crippen LogP contribution in [0.4, 0.5) is 8.78 Å². The summed E-state index contributed by atoms with van der Waals surface area (Å²) in [4.78, 5) is 17.1. The smallest absolute Gasteiger partial charge is 0.263 e. The van der Waals surface area contributed by atoms with Gasteiger partial charge in [-0.25, -0.2) is 13.8 Å². The molecule has 0 aliphatic rings. The number of rotatable bonds is 5. The first kappa shape index (κ1) is 16.5. The molecule has 2 rings (SSSR count). The van der Waals surface area contributed by atoms with Crippen molar-refractivity contribution >= 4 is 17.2 Å². The predicted molar refractivity (Wildman–Crippen MR) is 82.9 cm³/mol. The summed E-state index contributed by atoms with van der Waals surface area (Å²) >= 11 is 1.37. The standard InChI is InChI=1S/C16H18F2N2OS/c1-9(2)4-14-20-10(3)15(22-14)16(21)19-8-11-5-12(17)7-13(18)6-11/h5-7,9H,4,8H2,1-3H3,(H,19,21). The molecule has 0 aliphatic heterocycles. The molecule has 118 valence electrons. The van der Waals surface area contributed by atoms with Gasteiger partial charge in [0.15, 0.2) is 0 Å². The van der Waals surface area contributed by atoms with Crippen molar-refractivity contribution in [1.29, 1.82) is 0 Å². The number of amides is 1. The molecule has 22 heavy (non-hydrogen) atoms. The molecule has 0 radical (unpaired) electrons. The Morgan fingerprint density at radius 1 is 1.27 bits per heavy atom. The van der Waals surface area contributed by atoms with Gasteiger partial charge in [-0.1, -0.05) is 13.8 Å². The average Bonchev–Trinajstić information content (AvgIpc) is 2.75. The summed E-state index contributed by atoms with van der Waals surface area (Å²) in [6.45, 7) is 6.05. The molecule has 0 saturated heterocycles. The van der Waals surface area contributed by atoms with Crippen LogP contribution in [-0.4, -0.2) is 10.9 Å². The summed E-state index contributed by atoms with van der Waals surface area (Å²) in [5.74, 6) is -1.11. The number of hydrogen-bond donors (Lipinski definition) is 1. The third kappa shape index (κ3) is 4.34. The van der Waals surface area contributed by atoms with Gasteiger partial charge in [0, 0.05) is 19.0 Å². The van der Waals surface area contributed by atoms with Crippen LogP contribution in [0.1, 0.15) is 39.8 Å². The fourth-order valence-electron chi connectivity index (χ4n) is 2.08. The molecule has 1 amide bonds. The van der Waals surface area contributed by atoms with Crippen LogP contribution >= 0.6 is 11.3 Å². The van der Waals surface area contributed by atoms with Gasteiger partial charge < -0.3 is 5.32 Å². The van der Waals surface area contributed by atoms with Crippen LogP contribution in [0.3, 0.4) is 0 Å². The van der Waals surface area contributed by atoms with Crippen LogP contribution in [0.25, 0.3) is 0 Å². The fraction of sp³-hybridized carbons (Fsp3) is 0.375. The first-order valence-corrected chi connectivity index (χ1v) is 7.86. The molecule has 1 aromatic heterocycles. The lowest BCUT2D eigenvalue weighted by molar-refractivity contribution is 0.0954. The number of nitrogens with zero attached hydrogens (tertiary/aromatic N) is 1. The maximum Gasteiger partial charge on any atom is 0.263 e. The summed E-state index contributed by atoms with van der Waals surface area (Å²) in [5, 5.41) is 3.60. The SMILES string of the molecule is Cc1nc(CC(C)C)sc1C(=O)NCc1cc(F)cc(F)c1. The normalized spacial score (nSPS) is 11.0. The Bertz CT molecular complexity index is 663. The second kappa shape index (κ2) is 6.96. The van der Waals surface area contributed by atoms with Crippen molar-refractivity contribution in [3.8, 4) is 0 Å². The molecular weight excluding hydrogens is 306 g/mol. The van der Waals surface area contributed by atoms with Crippen molar-refractivity contribution in [2.75, 3.05) is 0 Å². The van der Waals surface area contributed by atoms with E-state index >= 15 is 0 Å². The molecule has 0 unspecified atom stereocenters. The second-order valence-electron chi connectivity index (χ2n) is 5.58. The molecule has 6 heteroatoms. The first-order chi connectivity index (χ1) is 10.3. The highest BCUT2D eigenvalue weighted by atomic mass is 32.1. The van der Waals surface area contributed by atoms with Crippen molar-refractivity contribution in [1.82, 2.24) is 10.3 Å². The van der Waals surface area contributed by atoms with Gasteiger partial charge in [-0.3, -0.25) is 4.79 Å². The summed E-state index contributed by atoms with van der Waals surface area (Å²) in [6, 6.07) is 3.21. The first-order valence-electron chi connectivity index (χ1n) is 7.04. The van der Waals surface area contributed by atoms with Crippen LogP contribution < -0.4 is 5.32 Å². The number of nitrogens with one attached hydrogen (secondary N) is 1. The lowest BCUT2D eigenvalue weighted by Crippen LogP contribution is -2.22. The van der Waals surface area contributed by atoms with Crippen molar-refractivity contribution in [3.63, 3.8) is 0 Å². The zero-order chi connectivity index (χ0) is 16.3. The number of aromatic nitrogens is 1. The minimum atomic E-state index is -0.655. The van der Waals surface area contributed by atoms with E-state index in [0.717, 1.165) is 17.5 Å². The molecule has 0 spiro atoms. The number of carbonyl (C=O) groups is 1. The van der Waals surface area contributed by atoms with Gasteiger partial charge in [0.05, 0.1) is 10.7 Å². The van der Waals surface area contributed by atoms with E-state index in [-0.39, 0.29) is 12.5 Å². The number of aryl methyl sites for hydroxylation is 1. The number of hydrogen-bond acceptors (Lipinski definition) is 3. The Labute approximate surface area is 132 Å². The quantitative estimate of drug-likeness (QED) is 0.907. The number of thiazole rings is 1. The van der Waals surface area contributed by atoms with E-state index in [0.29, 0.717) is 22.1 Å². The third-order valence-electron chi connectivity index (χ3n) is 3.01. The van der Waals surface area contributed by atoms with Crippen LogP contribution in [-0.2, 0) is 13.0 Å². The van der Waals surface area contributed by atoms with Crippen molar-refractivity contribution in [2.24, 2.45) is 5.92 Å². The Morgan fingerprint density at radius 2 is 1.91 bits per heavy atom. The van der Waals surface area contributed by atoms with Gasteiger partial charge in [0.1, 0.15) is 16.5 Å². The molecular formula is C16H18F2N2OS. The summed E-state index contributed by atoms with van der Waals surface area (Å²) in [5.41, 5.74) is 1.07. The number of carbonyl (C=O) groups excluding carboxylic acids is 1. The summed E-state index contributed by atoms with van der Waals surface area (Å²) in [7, 11) is 0. The molecule has 1 aromatic carbocycles. The van der Waals surface area contributed by atoms with Gasteiger partial charge in [0.25, 0.3) is 5.91 Å². The van der Waals surface area contributed by atoms with E-state index in [1.54, 1.807) is 6.92 Å². The Hall–Kier alpha value is -1.82. The molecule has 0 bridgehead atoms. The van der Waals surface area contributed by atoms with E-state index in [2.05, 4.69) is 24.1 Å². The Morgan fingerprint density at radius 3 is 2.50 bits per heavy atom. The van der Waals surface area contributed by atoms with Crippen molar-refractivity contribution in [3.05, 3.63) is 51.0 Å². The maximum absolute atomic E-state index is 13.1. The van der Waals surface area contributed by atoms with Gasteiger partial charge in [-0.2, -0.15) is 0 Å². The molecule has 0 aliphatic carbocycles. The highest BCUT2D eigenvalue weighted by Crippen LogP contribution is 2.20. The largest absolute Gasteiger partial charge is 0.347 e. The Kier molecular flexibility index (Phi) is 5.24. The molecule has 0 atom stereocenters. The lowest BCUT2D eigenvalue weighted by Gasteiger charge is -2.05. The van der Waals surface area contributed by atoms with E-state index in [1.807, 2.05) is 0 Å². The number of halogens is 2. The fourth-order valence-corrected chi connectivity index (χ4v) is 3.27. The molecule has 2 aromatic rings. The molecule has 0 fully saturated rings. The van der Waals surface area contributed by atoms with E-state index < -0.39 is 11.6 Å².